The van der Waals surface area contributed by atoms with Gasteiger partial charge >= 0.3 is 0 Å². The molecule has 4 heteroatoms. The van der Waals surface area contributed by atoms with E-state index in [-0.39, 0.29) is 59.1 Å². The Morgan fingerprint density at radius 2 is 1.00 bits per heavy atom. The van der Waals surface area contributed by atoms with Gasteiger partial charge in [-0.15, -0.1) is 0 Å². The smallest absolute Gasteiger partial charge is 0 e. The van der Waals surface area contributed by atoms with Gasteiger partial charge in [0.15, 0.2) is 0 Å². The van der Waals surface area contributed by atoms with Gasteiger partial charge in [-0.3, -0.25) is 0 Å². The van der Waals surface area contributed by atoms with Crippen LogP contribution in [0.25, 0.3) is 0 Å². The Morgan fingerprint density at radius 1 is 1.00 bits per heavy atom. The molecule has 0 aromatic carbocycles. The summed E-state index contributed by atoms with van der Waals surface area (Å²) in [5, 5.41) is 0. The van der Waals surface area contributed by atoms with Gasteiger partial charge in [0, 0.05) is 53.0 Å². The number of rotatable bonds is 0. The molecule has 0 aromatic rings. The average molecular weight is 175 g/mol. The maximum absolute atomic E-state index is 0. The first-order valence-electron chi connectivity index (χ1n) is 0. The molecular formula is H3CrMnNV. The molecule has 0 aliphatic rings. The number of hydrogen-bond acceptors (Lipinski definition) is 1. The second-order valence-electron chi connectivity index (χ2n) is 0. The molecule has 0 rings (SSSR count). The first-order valence-corrected chi connectivity index (χ1v) is 0. The van der Waals surface area contributed by atoms with Gasteiger partial charge in [0.1, 0.15) is 0 Å². The minimum Gasteiger partial charge on any atom is -0.344 e. The summed E-state index contributed by atoms with van der Waals surface area (Å²) in [6.45, 7) is 0. The molecule has 0 aliphatic carbocycles. The predicted octanol–water partition coefficient (Wildman–Crippen LogP) is 0.154. The van der Waals surface area contributed by atoms with Crippen LogP contribution < -0.4 is 6.15 Å². The van der Waals surface area contributed by atoms with Gasteiger partial charge in [-0.2, -0.15) is 0 Å². The van der Waals surface area contributed by atoms with Gasteiger partial charge in [-0.25, -0.2) is 0 Å². The van der Waals surface area contributed by atoms with Crippen LogP contribution in [0.1, 0.15) is 0 Å². The fourth-order valence-electron chi connectivity index (χ4n) is 0. The van der Waals surface area contributed by atoms with Crippen molar-refractivity contribution >= 4 is 0 Å². The molecule has 0 heterocycles. The Morgan fingerprint density at radius 3 is 1.00 bits per heavy atom. The topological polar surface area (TPSA) is 35.0 Å². The summed E-state index contributed by atoms with van der Waals surface area (Å²) in [5.41, 5.74) is 0. The van der Waals surface area contributed by atoms with Crippen molar-refractivity contribution in [2.75, 3.05) is 0 Å². The van der Waals surface area contributed by atoms with Crippen LogP contribution in [0.5, 0.6) is 0 Å². The molecule has 0 unspecified atom stereocenters. The van der Waals surface area contributed by atoms with Gasteiger partial charge in [-0.1, -0.05) is 0 Å². The van der Waals surface area contributed by atoms with Crippen LogP contribution in [0.3, 0.4) is 0 Å². The van der Waals surface area contributed by atoms with E-state index in [0.717, 1.165) is 0 Å². The van der Waals surface area contributed by atoms with E-state index in [1.165, 1.54) is 0 Å². The van der Waals surface area contributed by atoms with Gasteiger partial charge in [0.2, 0.25) is 0 Å². The van der Waals surface area contributed by atoms with Crippen LogP contribution in [-0.4, -0.2) is 0 Å². The van der Waals surface area contributed by atoms with Crippen molar-refractivity contribution in [2.45, 2.75) is 0 Å². The molecule has 26 valence electrons. The Kier molecular flexibility index (Phi) is 271. The van der Waals surface area contributed by atoms with Crippen LogP contribution in [0.4, 0.5) is 0 Å². The molecule has 0 amide bonds. The molecule has 0 saturated carbocycles. The standard InChI is InChI=1S/Cr.Mn.H3N.V/h;;1H3;. The zero-order valence-corrected chi connectivity index (χ0v) is 5.79. The molecule has 0 atom stereocenters. The number of hydrogen-bond donors (Lipinski definition) is 1. The van der Waals surface area contributed by atoms with E-state index in [1.54, 1.807) is 0 Å². The van der Waals surface area contributed by atoms with Crippen molar-refractivity contribution in [2.24, 2.45) is 0 Å². The van der Waals surface area contributed by atoms with E-state index in [9.17, 15) is 0 Å². The quantitative estimate of drug-likeness (QED) is 0.522. The normalized spacial score (nSPS) is 0. The van der Waals surface area contributed by atoms with Gasteiger partial charge in [-0.05, 0) is 0 Å². The molecule has 1 nitrogen and oxygen atoms in total. The second-order valence-corrected chi connectivity index (χ2v) is 0. The van der Waals surface area contributed by atoms with Crippen LogP contribution in [-0.2, 0) is 53.0 Å². The zero-order chi connectivity index (χ0) is 0. The van der Waals surface area contributed by atoms with Gasteiger partial charge in [0.05, 0.1) is 0 Å². The Hall–Kier alpha value is 1.60. The molecule has 0 fully saturated rings. The van der Waals surface area contributed by atoms with Gasteiger partial charge in [0.25, 0.3) is 0 Å². The van der Waals surface area contributed by atoms with E-state index < -0.39 is 0 Å². The third-order valence-corrected chi connectivity index (χ3v) is 0. The third-order valence-electron chi connectivity index (χ3n) is 0. The predicted molar refractivity (Wildman–Crippen MR) is 5.02 cm³/mol. The van der Waals surface area contributed by atoms with E-state index in [1.807, 2.05) is 0 Å². The summed E-state index contributed by atoms with van der Waals surface area (Å²) >= 11 is 0. The van der Waals surface area contributed by atoms with Crippen molar-refractivity contribution < 1.29 is 53.0 Å². The molecular weight excluding hydrogens is 172 g/mol. The van der Waals surface area contributed by atoms with E-state index in [0.29, 0.717) is 0 Å². The van der Waals surface area contributed by atoms with Crippen LogP contribution >= 0.6 is 0 Å². The molecule has 0 aromatic heterocycles. The minimum atomic E-state index is 0. The first kappa shape index (κ1) is 46.4. The monoisotopic (exact) mass is 175 g/mol. The summed E-state index contributed by atoms with van der Waals surface area (Å²) in [6.07, 6.45) is 0. The summed E-state index contributed by atoms with van der Waals surface area (Å²) in [6, 6.07) is 0. The molecule has 0 spiro atoms. The molecule has 4 heavy (non-hydrogen) atoms. The molecule has 0 bridgehead atoms. The molecule has 2 radical (unpaired) electrons. The van der Waals surface area contributed by atoms with Crippen LogP contribution in [0.15, 0.2) is 0 Å². The Bertz CT molecular complexity index is 8.00. The summed E-state index contributed by atoms with van der Waals surface area (Å²) in [7, 11) is 0. The van der Waals surface area contributed by atoms with Crippen molar-refractivity contribution in [1.29, 1.82) is 0 Å². The average Bonchev–Trinajstić information content (AvgIpc) is 0. The van der Waals surface area contributed by atoms with E-state index >= 15 is 0 Å². The molecule has 0 saturated heterocycles. The summed E-state index contributed by atoms with van der Waals surface area (Å²) < 4.78 is 0. The Balaban J connectivity index is 0. The van der Waals surface area contributed by atoms with Crippen molar-refractivity contribution in [1.82, 2.24) is 6.15 Å². The maximum atomic E-state index is 0. The minimum absolute atomic E-state index is 0. The molecule has 0 aliphatic heterocycles. The maximum Gasteiger partial charge on any atom is 0 e. The third kappa shape index (κ3) is 9.51. The fourth-order valence-corrected chi connectivity index (χ4v) is 0. The van der Waals surface area contributed by atoms with Crippen molar-refractivity contribution in [3.05, 3.63) is 0 Å². The van der Waals surface area contributed by atoms with Crippen LogP contribution in [0.2, 0.25) is 0 Å². The van der Waals surface area contributed by atoms with Crippen molar-refractivity contribution in [3.8, 4) is 0 Å². The fraction of sp³-hybridized carbons (Fsp3) is 0. The SMILES string of the molecule is N.[Cr].[Mn].[V]. The molecule has 3 N–H and O–H groups in total. The summed E-state index contributed by atoms with van der Waals surface area (Å²) in [4.78, 5) is 0. The summed E-state index contributed by atoms with van der Waals surface area (Å²) in [5.74, 6) is 0. The van der Waals surface area contributed by atoms with Crippen LogP contribution in [0, 0.1) is 0 Å². The van der Waals surface area contributed by atoms with Crippen molar-refractivity contribution in [3.63, 3.8) is 0 Å². The van der Waals surface area contributed by atoms with E-state index in [2.05, 4.69) is 0 Å². The van der Waals surface area contributed by atoms with Gasteiger partial charge < -0.3 is 6.15 Å². The first-order chi connectivity index (χ1) is 0. The second kappa shape index (κ2) is 23.3. The Labute approximate surface area is 59.0 Å². The largest absolute Gasteiger partial charge is 0.344 e. The zero-order valence-electron chi connectivity index (χ0n) is 1.94. The van der Waals surface area contributed by atoms with E-state index in [4.69, 9.17) is 0 Å².